The number of carbonyl (C=O) groups is 4. The van der Waals surface area contributed by atoms with Crippen LogP contribution in [-0.4, -0.2) is 42.3 Å². The number of hydrogen-bond acceptors (Lipinski definition) is 6. The molecule has 3 amide bonds. The molecule has 0 radical (unpaired) electrons. The number of carbonyl (C=O) groups excluding carboxylic acids is 4. The Morgan fingerprint density at radius 1 is 0.914 bits per heavy atom. The van der Waals surface area contributed by atoms with Crippen LogP contribution in [0.5, 0.6) is 5.75 Å². The third-order valence-electron chi connectivity index (χ3n) is 5.24. The second kappa shape index (κ2) is 9.72. The normalized spacial score (nSPS) is 12.4. The highest BCUT2D eigenvalue weighted by Crippen LogP contribution is 2.27. The first-order valence-electron chi connectivity index (χ1n) is 10.3. The van der Waals surface area contributed by atoms with E-state index in [0.29, 0.717) is 16.7 Å². The maximum atomic E-state index is 13.3. The van der Waals surface area contributed by atoms with Crippen LogP contribution in [0.4, 0.5) is 14.5 Å². The maximum Gasteiger partial charge on any atom is 0.342 e. The highest BCUT2D eigenvalue weighted by Gasteiger charge is 2.35. The maximum absolute atomic E-state index is 13.3. The molecule has 1 N–H and O–H groups in total. The van der Waals surface area contributed by atoms with E-state index in [2.05, 4.69) is 5.32 Å². The molecule has 0 fully saturated rings. The Morgan fingerprint density at radius 3 is 2.23 bits per heavy atom. The Bertz CT molecular complexity index is 1320. The number of esters is 1. The topological polar surface area (TPSA) is 102 Å². The van der Waals surface area contributed by atoms with Crippen molar-refractivity contribution in [3.05, 3.63) is 94.6 Å². The number of rotatable bonds is 7. The van der Waals surface area contributed by atoms with Crippen LogP contribution in [0.25, 0.3) is 0 Å². The Kier molecular flexibility index (Phi) is 6.54. The summed E-state index contributed by atoms with van der Waals surface area (Å²) >= 11 is 0. The van der Waals surface area contributed by atoms with Gasteiger partial charge in [0.25, 0.3) is 17.7 Å². The highest BCUT2D eigenvalue weighted by molar-refractivity contribution is 6.21. The van der Waals surface area contributed by atoms with Gasteiger partial charge < -0.3 is 14.8 Å². The van der Waals surface area contributed by atoms with Crippen molar-refractivity contribution >= 4 is 29.4 Å². The van der Waals surface area contributed by atoms with E-state index in [9.17, 15) is 28.0 Å². The van der Waals surface area contributed by atoms with E-state index >= 15 is 0 Å². The number of imide groups is 1. The van der Waals surface area contributed by atoms with Gasteiger partial charge in [0.15, 0.2) is 18.2 Å². The van der Waals surface area contributed by atoms with E-state index in [0.717, 1.165) is 23.1 Å². The second-order valence-corrected chi connectivity index (χ2v) is 7.53. The fraction of sp³-hybridized carbons (Fsp3) is 0.120. The lowest BCUT2D eigenvalue weighted by Gasteiger charge is -2.16. The van der Waals surface area contributed by atoms with Crippen molar-refractivity contribution in [2.24, 2.45) is 0 Å². The Labute approximate surface area is 198 Å². The van der Waals surface area contributed by atoms with Crippen LogP contribution in [0.3, 0.4) is 0 Å². The number of anilines is 1. The SMILES string of the molecule is COc1ccc(CN2C(=O)c3ccccc3C2=O)cc1C(=O)OCC(=O)Nc1ccc(F)c(F)c1. The van der Waals surface area contributed by atoms with E-state index in [1.54, 1.807) is 30.3 Å². The van der Waals surface area contributed by atoms with E-state index in [4.69, 9.17) is 9.47 Å². The van der Waals surface area contributed by atoms with Crippen LogP contribution >= 0.6 is 0 Å². The van der Waals surface area contributed by atoms with Crippen molar-refractivity contribution in [2.45, 2.75) is 6.54 Å². The minimum Gasteiger partial charge on any atom is -0.496 e. The lowest BCUT2D eigenvalue weighted by Crippen LogP contribution is -2.29. The summed E-state index contributed by atoms with van der Waals surface area (Å²) in [5.41, 5.74) is 1.03. The smallest absolute Gasteiger partial charge is 0.342 e. The van der Waals surface area contributed by atoms with Crippen molar-refractivity contribution in [1.29, 1.82) is 0 Å². The summed E-state index contributed by atoms with van der Waals surface area (Å²) in [5, 5.41) is 2.29. The fourth-order valence-corrected chi connectivity index (χ4v) is 3.56. The molecule has 0 aromatic heterocycles. The molecule has 0 unspecified atom stereocenters. The van der Waals surface area contributed by atoms with Crippen molar-refractivity contribution in [2.75, 3.05) is 19.0 Å². The van der Waals surface area contributed by atoms with Gasteiger partial charge >= 0.3 is 5.97 Å². The van der Waals surface area contributed by atoms with Crippen LogP contribution in [0, 0.1) is 11.6 Å². The molecule has 10 heteroatoms. The average Bonchev–Trinajstić information content (AvgIpc) is 3.09. The predicted molar refractivity (Wildman–Crippen MR) is 119 cm³/mol. The molecule has 0 saturated carbocycles. The van der Waals surface area contributed by atoms with Gasteiger partial charge in [0.1, 0.15) is 11.3 Å². The third kappa shape index (κ3) is 4.86. The third-order valence-corrected chi connectivity index (χ3v) is 5.24. The molecule has 1 heterocycles. The summed E-state index contributed by atoms with van der Waals surface area (Å²) in [7, 11) is 1.34. The molecule has 0 spiro atoms. The molecule has 0 atom stereocenters. The van der Waals surface area contributed by atoms with Gasteiger partial charge in [-0.2, -0.15) is 0 Å². The molecule has 4 rings (SSSR count). The number of ether oxygens (including phenoxy) is 2. The lowest BCUT2D eigenvalue weighted by molar-refractivity contribution is -0.119. The predicted octanol–water partition coefficient (Wildman–Crippen LogP) is 3.57. The number of benzene rings is 3. The zero-order valence-corrected chi connectivity index (χ0v) is 18.3. The molecule has 1 aliphatic heterocycles. The minimum absolute atomic E-state index is 0.00882. The summed E-state index contributed by atoms with van der Waals surface area (Å²) < 4.78 is 36.5. The van der Waals surface area contributed by atoms with Gasteiger partial charge in [0.2, 0.25) is 0 Å². The van der Waals surface area contributed by atoms with Gasteiger partial charge in [0, 0.05) is 11.8 Å². The highest BCUT2D eigenvalue weighted by atomic mass is 19.2. The largest absolute Gasteiger partial charge is 0.496 e. The van der Waals surface area contributed by atoms with Gasteiger partial charge in [-0.1, -0.05) is 18.2 Å². The van der Waals surface area contributed by atoms with E-state index in [1.165, 1.54) is 19.2 Å². The average molecular weight is 480 g/mol. The number of nitrogens with zero attached hydrogens (tertiary/aromatic N) is 1. The van der Waals surface area contributed by atoms with E-state index in [-0.39, 0.29) is 23.5 Å². The molecule has 0 aliphatic carbocycles. The Balaban J connectivity index is 1.44. The first kappa shape index (κ1) is 23.6. The minimum atomic E-state index is -1.14. The van der Waals surface area contributed by atoms with Gasteiger partial charge in [-0.15, -0.1) is 0 Å². The first-order chi connectivity index (χ1) is 16.8. The van der Waals surface area contributed by atoms with Gasteiger partial charge in [-0.3, -0.25) is 19.3 Å². The standard InChI is InChI=1S/C25H18F2N2O6/c1-34-21-9-6-14(12-29-23(31)16-4-2-3-5-17(16)24(29)32)10-18(21)25(33)35-13-22(30)28-15-7-8-19(26)20(27)11-15/h2-11H,12-13H2,1H3,(H,28,30). The zero-order chi connectivity index (χ0) is 25.1. The Hall–Kier alpha value is -4.60. The molecule has 0 bridgehead atoms. The summed E-state index contributed by atoms with van der Waals surface area (Å²) in [6.45, 7) is -0.795. The molecule has 35 heavy (non-hydrogen) atoms. The van der Waals surface area contributed by atoms with Gasteiger partial charge in [-0.25, -0.2) is 13.6 Å². The summed E-state index contributed by atoms with van der Waals surface area (Å²) in [4.78, 5) is 51.0. The van der Waals surface area contributed by atoms with E-state index < -0.39 is 41.9 Å². The van der Waals surface area contributed by atoms with Crippen molar-refractivity contribution in [3.63, 3.8) is 0 Å². The van der Waals surface area contributed by atoms with Crippen molar-refractivity contribution in [3.8, 4) is 5.75 Å². The van der Waals surface area contributed by atoms with Gasteiger partial charge in [-0.05, 0) is 42.0 Å². The zero-order valence-electron chi connectivity index (χ0n) is 18.3. The monoisotopic (exact) mass is 480 g/mol. The molecular formula is C25H18F2N2O6. The second-order valence-electron chi connectivity index (χ2n) is 7.53. The molecule has 178 valence electrons. The fourth-order valence-electron chi connectivity index (χ4n) is 3.56. The van der Waals surface area contributed by atoms with E-state index in [1.807, 2.05) is 0 Å². The van der Waals surface area contributed by atoms with Crippen molar-refractivity contribution in [1.82, 2.24) is 4.90 Å². The summed E-state index contributed by atoms with van der Waals surface area (Å²) in [6.07, 6.45) is 0. The summed E-state index contributed by atoms with van der Waals surface area (Å²) in [6, 6.07) is 13.7. The van der Waals surface area contributed by atoms with Crippen LogP contribution in [0.2, 0.25) is 0 Å². The molecule has 8 nitrogen and oxygen atoms in total. The van der Waals surface area contributed by atoms with Gasteiger partial charge in [0.05, 0.1) is 24.8 Å². The number of hydrogen-bond donors (Lipinski definition) is 1. The lowest BCUT2D eigenvalue weighted by atomic mass is 10.1. The quantitative estimate of drug-likeness (QED) is 0.410. The number of amides is 3. The molecule has 3 aromatic carbocycles. The van der Waals surface area contributed by atoms with Crippen LogP contribution in [0.1, 0.15) is 36.6 Å². The van der Waals surface area contributed by atoms with Crippen molar-refractivity contribution < 1.29 is 37.4 Å². The van der Waals surface area contributed by atoms with Crippen LogP contribution in [0.15, 0.2) is 60.7 Å². The number of methoxy groups -OCH3 is 1. The molecule has 0 saturated heterocycles. The molecular weight excluding hydrogens is 462 g/mol. The number of nitrogens with one attached hydrogen (secondary N) is 1. The summed E-state index contributed by atoms with van der Waals surface area (Å²) in [5.74, 6) is -4.61. The molecule has 1 aliphatic rings. The van der Waals surface area contributed by atoms with Crippen LogP contribution < -0.4 is 10.1 Å². The Morgan fingerprint density at radius 2 is 1.60 bits per heavy atom. The number of fused-ring (bicyclic) bond motifs is 1. The molecule has 3 aromatic rings. The first-order valence-corrected chi connectivity index (χ1v) is 10.3. The number of halogens is 2. The van der Waals surface area contributed by atoms with Crippen LogP contribution in [-0.2, 0) is 16.1 Å².